The van der Waals surface area contributed by atoms with Crippen LogP contribution in [0.15, 0.2) is 24.3 Å². The minimum absolute atomic E-state index is 0.00824. The van der Waals surface area contributed by atoms with Gasteiger partial charge in [-0.25, -0.2) is 0 Å². The van der Waals surface area contributed by atoms with Crippen molar-refractivity contribution in [3.8, 4) is 11.8 Å². The molecule has 1 aliphatic carbocycles. The second-order valence-corrected chi connectivity index (χ2v) is 4.13. The Bertz CT molecular complexity index is 461. The lowest BCUT2D eigenvalue weighted by Gasteiger charge is -2.16. The fourth-order valence-electron chi connectivity index (χ4n) is 1.59. The van der Waals surface area contributed by atoms with Crippen molar-refractivity contribution >= 4 is 5.91 Å². The molecule has 0 atom stereocenters. The second-order valence-electron chi connectivity index (χ2n) is 4.13. The van der Waals surface area contributed by atoms with Gasteiger partial charge in [0.2, 0.25) is 0 Å². The zero-order valence-electron chi connectivity index (χ0n) is 9.72. The van der Waals surface area contributed by atoms with E-state index in [1.165, 1.54) is 0 Å². The first-order valence-electron chi connectivity index (χ1n) is 5.60. The molecule has 1 aromatic rings. The van der Waals surface area contributed by atoms with Crippen molar-refractivity contribution in [3.63, 3.8) is 0 Å². The Morgan fingerprint density at radius 3 is 2.88 bits per heavy atom. The van der Waals surface area contributed by atoms with Crippen LogP contribution in [0.3, 0.4) is 0 Å². The van der Waals surface area contributed by atoms with E-state index < -0.39 is 0 Å². The van der Waals surface area contributed by atoms with Gasteiger partial charge in [0.25, 0.3) is 5.91 Å². The Balaban J connectivity index is 1.93. The van der Waals surface area contributed by atoms with Gasteiger partial charge in [0, 0.05) is 13.1 Å². The summed E-state index contributed by atoms with van der Waals surface area (Å²) >= 11 is 0. The molecule has 0 saturated heterocycles. The second kappa shape index (κ2) is 4.88. The molecule has 88 valence electrons. The zero-order chi connectivity index (χ0) is 12.3. The topological polar surface area (TPSA) is 53.3 Å². The number of amides is 1. The van der Waals surface area contributed by atoms with E-state index in [4.69, 9.17) is 10.00 Å². The van der Waals surface area contributed by atoms with Gasteiger partial charge in [-0.1, -0.05) is 12.1 Å². The van der Waals surface area contributed by atoms with Gasteiger partial charge in [-0.05, 0) is 25.0 Å². The molecule has 1 aliphatic rings. The Morgan fingerprint density at radius 1 is 1.53 bits per heavy atom. The van der Waals surface area contributed by atoms with E-state index in [1.807, 2.05) is 6.07 Å². The van der Waals surface area contributed by atoms with Crippen molar-refractivity contribution < 1.29 is 9.53 Å². The van der Waals surface area contributed by atoms with Crippen molar-refractivity contribution in [1.29, 1.82) is 5.26 Å². The Morgan fingerprint density at radius 2 is 2.24 bits per heavy atom. The predicted molar refractivity (Wildman–Crippen MR) is 62.4 cm³/mol. The highest BCUT2D eigenvalue weighted by Gasteiger charge is 2.29. The van der Waals surface area contributed by atoms with Crippen molar-refractivity contribution in [3.05, 3.63) is 29.8 Å². The fourth-order valence-corrected chi connectivity index (χ4v) is 1.59. The number of ether oxygens (including phenoxy) is 1. The number of carbonyl (C=O) groups excluding carboxylic acids is 1. The summed E-state index contributed by atoms with van der Waals surface area (Å²) in [6.07, 6.45) is 2.16. The minimum Gasteiger partial charge on any atom is -0.482 e. The molecule has 0 aliphatic heterocycles. The maximum atomic E-state index is 11.7. The van der Waals surface area contributed by atoms with Crippen LogP contribution in [0, 0.1) is 11.3 Å². The Kier molecular flexibility index (Phi) is 3.29. The molecule has 17 heavy (non-hydrogen) atoms. The summed E-state index contributed by atoms with van der Waals surface area (Å²) in [5.41, 5.74) is 0.453. The van der Waals surface area contributed by atoms with Crippen LogP contribution in [-0.4, -0.2) is 30.5 Å². The molecule has 1 fully saturated rings. The first-order valence-corrected chi connectivity index (χ1v) is 5.60. The lowest BCUT2D eigenvalue weighted by Crippen LogP contribution is -2.33. The van der Waals surface area contributed by atoms with E-state index >= 15 is 0 Å². The van der Waals surface area contributed by atoms with E-state index in [1.54, 1.807) is 36.2 Å². The van der Waals surface area contributed by atoms with Gasteiger partial charge in [-0.15, -0.1) is 0 Å². The first kappa shape index (κ1) is 11.5. The van der Waals surface area contributed by atoms with E-state index in [0.29, 0.717) is 17.4 Å². The maximum Gasteiger partial charge on any atom is 0.260 e. The fraction of sp³-hybridized carbons (Fsp3) is 0.385. The standard InChI is InChI=1S/C13H14N2O2/c1-15(11-6-7-11)13(16)9-17-12-5-3-2-4-10(12)8-14/h2-5,11H,6-7,9H2,1H3. The van der Waals surface area contributed by atoms with Crippen LogP contribution in [0.5, 0.6) is 5.75 Å². The van der Waals surface area contributed by atoms with Crippen LogP contribution in [-0.2, 0) is 4.79 Å². The third-order valence-electron chi connectivity index (χ3n) is 2.85. The monoisotopic (exact) mass is 230 g/mol. The lowest BCUT2D eigenvalue weighted by molar-refractivity contribution is -0.132. The molecule has 1 aromatic carbocycles. The van der Waals surface area contributed by atoms with E-state index in [-0.39, 0.29) is 12.5 Å². The minimum atomic E-state index is -0.0414. The predicted octanol–water partition coefficient (Wildman–Crippen LogP) is 1.56. The zero-order valence-corrected chi connectivity index (χ0v) is 9.72. The third-order valence-corrected chi connectivity index (χ3v) is 2.85. The smallest absolute Gasteiger partial charge is 0.260 e. The highest BCUT2D eigenvalue weighted by molar-refractivity contribution is 5.78. The molecule has 4 nitrogen and oxygen atoms in total. The summed E-state index contributed by atoms with van der Waals surface area (Å²) in [7, 11) is 1.79. The van der Waals surface area contributed by atoms with Crippen LogP contribution in [0.2, 0.25) is 0 Å². The molecular formula is C13H14N2O2. The molecular weight excluding hydrogens is 216 g/mol. The molecule has 0 N–H and O–H groups in total. The van der Waals surface area contributed by atoms with Crippen LogP contribution < -0.4 is 4.74 Å². The molecule has 0 unspecified atom stereocenters. The molecule has 0 bridgehead atoms. The molecule has 4 heteroatoms. The molecule has 1 amide bonds. The number of nitrogens with zero attached hydrogens (tertiary/aromatic N) is 2. The van der Waals surface area contributed by atoms with Crippen LogP contribution >= 0.6 is 0 Å². The number of rotatable bonds is 4. The molecule has 2 rings (SSSR count). The summed E-state index contributed by atoms with van der Waals surface area (Å²) in [6.45, 7) is -0.00824. The number of hydrogen-bond acceptors (Lipinski definition) is 3. The average Bonchev–Trinajstić information content (AvgIpc) is 3.19. The molecule has 1 saturated carbocycles. The number of nitriles is 1. The number of benzene rings is 1. The summed E-state index contributed by atoms with van der Waals surface area (Å²) in [5.74, 6) is 0.424. The van der Waals surface area contributed by atoms with Gasteiger partial charge >= 0.3 is 0 Å². The molecule has 0 radical (unpaired) electrons. The molecule has 0 aromatic heterocycles. The Hall–Kier alpha value is -2.02. The van der Waals surface area contributed by atoms with Gasteiger partial charge in [-0.3, -0.25) is 4.79 Å². The lowest BCUT2D eigenvalue weighted by atomic mass is 10.2. The molecule has 0 spiro atoms. The van der Waals surface area contributed by atoms with Gasteiger partial charge < -0.3 is 9.64 Å². The van der Waals surface area contributed by atoms with Crippen LogP contribution in [0.4, 0.5) is 0 Å². The quantitative estimate of drug-likeness (QED) is 0.788. The van der Waals surface area contributed by atoms with E-state index in [0.717, 1.165) is 12.8 Å². The van der Waals surface area contributed by atoms with Crippen molar-refractivity contribution in [2.45, 2.75) is 18.9 Å². The average molecular weight is 230 g/mol. The van der Waals surface area contributed by atoms with Crippen molar-refractivity contribution in [2.75, 3.05) is 13.7 Å². The molecule has 0 heterocycles. The van der Waals surface area contributed by atoms with Crippen LogP contribution in [0.25, 0.3) is 0 Å². The van der Waals surface area contributed by atoms with Gasteiger partial charge in [-0.2, -0.15) is 5.26 Å². The highest BCUT2D eigenvalue weighted by Crippen LogP contribution is 2.25. The first-order chi connectivity index (χ1) is 8.22. The third kappa shape index (κ3) is 2.76. The summed E-state index contributed by atoms with van der Waals surface area (Å²) in [6, 6.07) is 9.34. The maximum absolute atomic E-state index is 11.7. The number of likely N-dealkylation sites (N-methyl/N-ethyl adjacent to an activating group) is 1. The van der Waals surface area contributed by atoms with E-state index in [2.05, 4.69) is 0 Å². The van der Waals surface area contributed by atoms with E-state index in [9.17, 15) is 4.79 Å². The van der Waals surface area contributed by atoms with Gasteiger partial charge in [0.15, 0.2) is 6.61 Å². The summed E-state index contributed by atoms with van der Waals surface area (Å²) in [5, 5.41) is 8.87. The summed E-state index contributed by atoms with van der Waals surface area (Å²) < 4.78 is 5.38. The Labute approximate surface area is 100 Å². The number of hydrogen-bond donors (Lipinski definition) is 0. The number of carbonyl (C=O) groups is 1. The highest BCUT2D eigenvalue weighted by atomic mass is 16.5. The van der Waals surface area contributed by atoms with Crippen molar-refractivity contribution in [1.82, 2.24) is 4.90 Å². The normalized spacial score (nSPS) is 13.9. The summed E-state index contributed by atoms with van der Waals surface area (Å²) in [4.78, 5) is 13.4. The SMILES string of the molecule is CN(C(=O)COc1ccccc1C#N)C1CC1. The van der Waals surface area contributed by atoms with Gasteiger partial charge in [0.1, 0.15) is 11.8 Å². The largest absolute Gasteiger partial charge is 0.482 e. The van der Waals surface area contributed by atoms with Crippen LogP contribution in [0.1, 0.15) is 18.4 Å². The van der Waals surface area contributed by atoms with Gasteiger partial charge in [0.05, 0.1) is 5.56 Å². The number of para-hydroxylation sites is 1. The van der Waals surface area contributed by atoms with Crippen molar-refractivity contribution in [2.24, 2.45) is 0 Å².